The number of nitrogens with zero attached hydrogens (tertiary/aromatic N) is 4. The van der Waals surface area contributed by atoms with Crippen molar-refractivity contribution in [3.8, 4) is 6.07 Å². The average molecular weight is 430 g/mol. The van der Waals surface area contributed by atoms with E-state index < -0.39 is 0 Å². The number of nitriles is 1. The van der Waals surface area contributed by atoms with E-state index in [9.17, 15) is 5.26 Å². The van der Waals surface area contributed by atoms with Gasteiger partial charge in [-0.15, -0.1) is 0 Å². The van der Waals surface area contributed by atoms with Crippen LogP contribution in [-0.2, 0) is 13.0 Å². The van der Waals surface area contributed by atoms with E-state index in [1.54, 1.807) is 0 Å². The largest absolute Gasteiger partial charge is 0.364 e. The van der Waals surface area contributed by atoms with E-state index in [1.165, 1.54) is 5.69 Å². The molecule has 0 spiro atoms. The second kappa shape index (κ2) is 10.3. The van der Waals surface area contributed by atoms with Crippen LogP contribution in [0.5, 0.6) is 0 Å². The highest BCUT2D eigenvalue weighted by Crippen LogP contribution is 2.24. The molecule has 166 valence electrons. The standard InChI is InChI=1S/C25H31N7/c1-3-6-20-14-24(31-25(29-20)30-21-10-9-18(2)19(13-21)15-26)32-12-5-8-23(17-32)28-16-22-7-4-11-27-22/h4,7,9-11,13-14,23,27-28H,3,5-6,8,12,16-17H2,1-2H3,(H,29,30,31)/t23-/m1/s1. The van der Waals surface area contributed by atoms with E-state index >= 15 is 0 Å². The lowest BCUT2D eigenvalue weighted by Gasteiger charge is -2.34. The van der Waals surface area contributed by atoms with Crippen molar-refractivity contribution in [3.05, 3.63) is 65.1 Å². The summed E-state index contributed by atoms with van der Waals surface area (Å²) in [5.74, 6) is 1.55. The first-order chi connectivity index (χ1) is 15.6. The van der Waals surface area contributed by atoms with Gasteiger partial charge in [-0.3, -0.25) is 0 Å². The maximum absolute atomic E-state index is 9.34. The summed E-state index contributed by atoms with van der Waals surface area (Å²) in [5.41, 5.74) is 4.69. The highest BCUT2D eigenvalue weighted by Gasteiger charge is 2.22. The number of benzene rings is 1. The molecule has 7 nitrogen and oxygen atoms in total. The molecule has 1 aromatic carbocycles. The Labute approximate surface area is 189 Å². The Bertz CT molecular complexity index is 1070. The topological polar surface area (TPSA) is 92.7 Å². The van der Waals surface area contributed by atoms with Crippen LogP contribution in [0.3, 0.4) is 0 Å². The minimum absolute atomic E-state index is 0.420. The molecule has 0 unspecified atom stereocenters. The van der Waals surface area contributed by atoms with Crippen molar-refractivity contribution < 1.29 is 0 Å². The summed E-state index contributed by atoms with van der Waals surface area (Å²) in [6.07, 6.45) is 6.18. The van der Waals surface area contributed by atoms with Crippen LogP contribution in [0, 0.1) is 18.3 Å². The normalized spacial score (nSPS) is 16.0. The van der Waals surface area contributed by atoms with E-state index in [0.717, 1.165) is 68.1 Å². The number of nitrogens with one attached hydrogen (secondary N) is 3. The van der Waals surface area contributed by atoms with E-state index in [4.69, 9.17) is 9.97 Å². The zero-order valence-corrected chi connectivity index (χ0v) is 18.9. The summed E-state index contributed by atoms with van der Waals surface area (Å²) in [6, 6.07) is 14.7. The van der Waals surface area contributed by atoms with Gasteiger partial charge in [-0.05, 0) is 56.0 Å². The Morgan fingerprint density at radius 2 is 2.16 bits per heavy atom. The van der Waals surface area contributed by atoms with Gasteiger partial charge in [-0.1, -0.05) is 19.4 Å². The number of piperidine rings is 1. The molecule has 3 N–H and O–H groups in total. The third-order valence-electron chi connectivity index (χ3n) is 5.87. The Hall–Kier alpha value is -3.37. The average Bonchev–Trinajstić information content (AvgIpc) is 3.33. The Morgan fingerprint density at radius 3 is 2.94 bits per heavy atom. The Balaban J connectivity index is 1.51. The smallest absolute Gasteiger partial charge is 0.229 e. The van der Waals surface area contributed by atoms with Crippen LogP contribution in [0.25, 0.3) is 0 Å². The molecule has 1 saturated heterocycles. The summed E-state index contributed by atoms with van der Waals surface area (Å²) in [5, 5.41) is 16.3. The molecule has 4 rings (SSSR count). The number of aryl methyl sites for hydroxylation is 2. The molecule has 0 radical (unpaired) electrons. The van der Waals surface area contributed by atoms with Gasteiger partial charge in [0.25, 0.3) is 0 Å². The lowest BCUT2D eigenvalue weighted by molar-refractivity contribution is 0.418. The van der Waals surface area contributed by atoms with Crippen LogP contribution < -0.4 is 15.5 Å². The second-order valence-corrected chi connectivity index (χ2v) is 8.42. The third-order valence-corrected chi connectivity index (χ3v) is 5.87. The van der Waals surface area contributed by atoms with Gasteiger partial charge in [-0.25, -0.2) is 4.98 Å². The molecular weight excluding hydrogens is 398 g/mol. The van der Waals surface area contributed by atoms with Crippen molar-refractivity contribution in [2.24, 2.45) is 0 Å². The van der Waals surface area contributed by atoms with Gasteiger partial charge in [0.05, 0.1) is 11.6 Å². The first kappa shape index (κ1) is 21.8. The molecule has 3 heterocycles. The molecule has 1 aliphatic heterocycles. The summed E-state index contributed by atoms with van der Waals surface area (Å²) >= 11 is 0. The molecule has 1 fully saturated rings. The lowest BCUT2D eigenvalue weighted by atomic mass is 10.1. The van der Waals surface area contributed by atoms with E-state index in [0.29, 0.717) is 17.6 Å². The summed E-state index contributed by atoms with van der Waals surface area (Å²) in [6.45, 7) is 6.86. The molecule has 0 bridgehead atoms. The minimum Gasteiger partial charge on any atom is -0.364 e. The van der Waals surface area contributed by atoms with Crippen molar-refractivity contribution in [1.29, 1.82) is 5.26 Å². The van der Waals surface area contributed by atoms with Gasteiger partial charge in [0.1, 0.15) is 5.82 Å². The fourth-order valence-corrected chi connectivity index (χ4v) is 4.12. The number of H-pyrrole nitrogens is 1. The SMILES string of the molecule is CCCc1cc(N2CCC[C@@H](NCc3ccc[nH]3)C2)nc(Nc2ccc(C)c(C#N)c2)n1. The third kappa shape index (κ3) is 5.45. The number of anilines is 3. The van der Waals surface area contributed by atoms with E-state index in [-0.39, 0.29) is 0 Å². The number of hydrogen-bond acceptors (Lipinski definition) is 6. The van der Waals surface area contributed by atoms with Crippen molar-refractivity contribution in [2.75, 3.05) is 23.3 Å². The molecule has 0 saturated carbocycles. The minimum atomic E-state index is 0.420. The summed E-state index contributed by atoms with van der Waals surface area (Å²) < 4.78 is 0. The molecule has 1 atom stereocenters. The predicted molar refractivity (Wildman–Crippen MR) is 128 cm³/mol. The highest BCUT2D eigenvalue weighted by atomic mass is 15.2. The maximum atomic E-state index is 9.34. The van der Waals surface area contributed by atoms with Crippen LogP contribution in [-0.4, -0.2) is 34.1 Å². The second-order valence-electron chi connectivity index (χ2n) is 8.42. The summed E-state index contributed by atoms with van der Waals surface area (Å²) in [4.78, 5) is 15.2. The first-order valence-electron chi connectivity index (χ1n) is 11.4. The van der Waals surface area contributed by atoms with Crippen LogP contribution in [0.4, 0.5) is 17.5 Å². The van der Waals surface area contributed by atoms with Gasteiger partial charge >= 0.3 is 0 Å². The fourth-order valence-electron chi connectivity index (χ4n) is 4.12. The molecule has 3 aromatic rings. The first-order valence-corrected chi connectivity index (χ1v) is 11.4. The monoisotopic (exact) mass is 429 g/mol. The van der Waals surface area contributed by atoms with Gasteiger partial charge < -0.3 is 20.5 Å². The van der Waals surface area contributed by atoms with E-state index in [2.05, 4.69) is 45.6 Å². The van der Waals surface area contributed by atoms with Gasteiger partial charge in [0.15, 0.2) is 0 Å². The molecule has 2 aromatic heterocycles. The van der Waals surface area contributed by atoms with Crippen molar-refractivity contribution >= 4 is 17.5 Å². The van der Waals surface area contributed by atoms with Crippen LogP contribution in [0.15, 0.2) is 42.6 Å². The highest BCUT2D eigenvalue weighted by molar-refractivity contribution is 5.59. The Morgan fingerprint density at radius 1 is 1.25 bits per heavy atom. The fraction of sp³-hybridized carbons (Fsp3) is 0.400. The molecule has 0 aliphatic carbocycles. The van der Waals surface area contributed by atoms with E-state index in [1.807, 2.05) is 37.4 Å². The molecule has 32 heavy (non-hydrogen) atoms. The van der Waals surface area contributed by atoms with Crippen LogP contribution in [0.1, 0.15) is 48.7 Å². The molecule has 1 aliphatic rings. The number of aromatic nitrogens is 3. The van der Waals surface area contributed by atoms with Crippen LogP contribution in [0.2, 0.25) is 0 Å². The number of hydrogen-bond donors (Lipinski definition) is 3. The number of rotatable bonds is 8. The van der Waals surface area contributed by atoms with Gasteiger partial charge in [0.2, 0.25) is 5.95 Å². The number of aromatic amines is 1. The summed E-state index contributed by atoms with van der Waals surface area (Å²) in [7, 11) is 0. The molecule has 0 amide bonds. The van der Waals surface area contributed by atoms with Crippen molar-refractivity contribution in [1.82, 2.24) is 20.3 Å². The van der Waals surface area contributed by atoms with Crippen LogP contribution >= 0.6 is 0 Å². The zero-order valence-electron chi connectivity index (χ0n) is 18.9. The lowest BCUT2D eigenvalue weighted by Crippen LogP contribution is -2.46. The quantitative estimate of drug-likeness (QED) is 0.490. The molecular formula is C25H31N7. The van der Waals surface area contributed by atoms with Crippen molar-refractivity contribution in [2.45, 2.75) is 52.1 Å². The van der Waals surface area contributed by atoms with Gasteiger partial charge in [-0.2, -0.15) is 10.2 Å². The zero-order chi connectivity index (χ0) is 22.3. The van der Waals surface area contributed by atoms with Crippen molar-refractivity contribution in [3.63, 3.8) is 0 Å². The van der Waals surface area contributed by atoms with Gasteiger partial charge in [0, 0.05) is 55.0 Å². The predicted octanol–water partition coefficient (Wildman–Crippen LogP) is 4.44. The maximum Gasteiger partial charge on any atom is 0.229 e. The Kier molecular flexibility index (Phi) is 7.03. The molecule has 7 heteroatoms.